The lowest BCUT2D eigenvalue weighted by Gasteiger charge is -2.06. The zero-order chi connectivity index (χ0) is 10.8. The van der Waals surface area contributed by atoms with Crippen LogP contribution in [0.25, 0.3) is 0 Å². The first-order valence-corrected chi connectivity index (χ1v) is 5.12. The fourth-order valence-corrected chi connectivity index (χ4v) is 1.36. The van der Waals surface area contributed by atoms with Crippen molar-refractivity contribution in [2.45, 2.75) is 5.76 Å². The molecule has 78 valence electrons. The summed E-state index contributed by atoms with van der Waals surface area (Å²) in [6, 6.07) is 5.55. The van der Waals surface area contributed by atoms with Gasteiger partial charge in [0.25, 0.3) is 10.0 Å². The Kier molecular flexibility index (Phi) is 2.90. The van der Waals surface area contributed by atoms with Crippen LogP contribution in [0.2, 0.25) is 0 Å². The van der Waals surface area contributed by atoms with Crippen molar-refractivity contribution in [3.63, 3.8) is 0 Å². The average molecular weight is 222 g/mol. The Balaban J connectivity index is 2.90. The van der Waals surface area contributed by atoms with Crippen molar-refractivity contribution in [2.75, 3.05) is 10.5 Å². The van der Waals surface area contributed by atoms with E-state index >= 15 is 0 Å². The highest BCUT2D eigenvalue weighted by Gasteiger charge is 2.23. The molecule has 0 aliphatic rings. The lowest BCUT2D eigenvalue weighted by Crippen LogP contribution is -2.20. The van der Waals surface area contributed by atoms with E-state index in [9.17, 15) is 17.2 Å². The molecule has 1 aromatic rings. The third-order valence-corrected chi connectivity index (χ3v) is 2.37. The maximum Gasteiger partial charge on any atom is 0.355 e. The van der Waals surface area contributed by atoms with Crippen LogP contribution in [0, 0.1) is 0 Å². The monoisotopic (exact) mass is 222 g/mol. The molecule has 14 heavy (non-hydrogen) atoms. The Morgan fingerprint density at radius 1 is 1.36 bits per heavy atom. The summed E-state index contributed by atoms with van der Waals surface area (Å²) in [4.78, 5) is 0. The number of nitrogens with two attached hydrogens (primary N) is 1. The lowest BCUT2D eigenvalue weighted by atomic mass is 10.3. The Labute approximate surface area is 79.8 Å². The third-order valence-electron chi connectivity index (χ3n) is 1.38. The fraction of sp³-hybridized carbons (Fsp3) is 0.143. The van der Waals surface area contributed by atoms with Gasteiger partial charge in [-0.05, 0) is 18.2 Å². The molecule has 0 spiro atoms. The molecule has 0 amide bonds. The molecule has 1 aromatic carbocycles. The molecule has 7 heteroatoms. The van der Waals surface area contributed by atoms with Crippen LogP contribution in [-0.2, 0) is 10.0 Å². The normalized spacial score (nSPS) is 11.6. The fourth-order valence-electron chi connectivity index (χ4n) is 0.811. The number of rotatable bonds is 3. The number of anilines is 2. The first-order valence-electron chi connectivity index (χ1n) is 3.57. The van der Waals surface area contributed by atoms with E-state index in [1.54, 1.807) is 4.72 Å². The molecule has 0 aliphatic heterocycles. The van der Waals surface area contributed by atoms with Gasteiger partial charge in [-0.2, -0.15) is 8.78 Å². The molecule has 0 aliphatic carbocycles. The summed E-state index contributed by atoms with van der Waals surface area (Å²) in [5.41, 5.74) is 5.64. The van der Waals surface area contributed by atoms with Crippen LogP contribution >= 0.6 is 0 Å². The van der Waals surface area contributed by atoms with Crippen molar-refractivity contribution in [1.29, 1.82) is 0 Å². The van der Waals surface area contributed by atoms with Crippen LogP contribution in [0.15, 0.2) is 24.3 Å². The molecule has 3 N–H and O–H groups in total. The van der Waals surface area contributed by atoms with Gasteiger partial charge < -0.3 is 5.73 Å². The van der Waals surface area contributed by atoms with Crippen LogP contribution < -0.4 is 10.5 Å². The number of nitrogen functional groups attached to an aromatic ring is 1. The summed E-state index contributed by atoms with van der Waals surface area (Å²) in [5, 5.41) is 0. The van der Waals surface area contributed by atoms with Gasteiger partial charge in [-0.3, -0.25) is 4.72 Å². The SMILES string of the molecule is Nc1cccc(NS(=O)(=O)C(F)F)c1. The molecule has 0 saturated carbocycles. The number of hydrogen-bond acceptors (Lipinski definition) is 3. The van der Waals surface area contributed by atoms with Crippen molar-refractivity contribution in [1.82, 2.24) is 0 Å². The third kappa shape index (κ3) is 2.56. The van der Waals surface area contributed by atoms with Gasteiger partial charge in [0.05, 0.1) is 5.69 Å². The number of nitrogens with one attached hydrogen (secondary N) is 1. The Hall–Kier alpha value is -1.37. The summed E-state index contributed by atoms with van der Waals surface area (Å²) >= 11 is 0. The van der Waals surface area contributed by atoms with E-state index in [1.165, 1.54) is 24.3 Å². The summed E-state index contributed by atoms with van der Waals surface area (Å²) in [6.07, 6.45) is 0. The Morgan fingerprint density at radius 2 is 2.00 bits per heavy atom. The Morgan fingerprint density at radius 3 is 2.50 bits per heavy atom. The number of alkyl halides is 2. The molecular formula is C7H8F2N2O2S. The van der Waals surface area contributed by atoms with Crippen LogP contribution in [-0.4, -0.2) is 14.2 Å². The van der Waals surface area contributed by atoms with Crippen molar-refractivity contribution >= 4 is 21.4 Å². The minimum Gasteiger partial charge on any atom is -0.399 e. The maximum absolute atomic E-state index is 11.9. The van der Waals surface area contributed by atoms with Crippen LogP contribution in [0.5, 0.6) is 0 Å². The van der Waals surface area contributed by atoms with Gasteiger partial charge in [0.15, 0.2) is 0 Å². The van der Waals surface area contributed by atoms with Gasteiger partial charge in [0.1, 0.15) is 0 Å². The van der Waals surface area contributed by atoms with Gasteiger partial charge in [-0.1, -0.05) is 6.07 Å². The zero-order valence-electron chi connectivity index (χ0n) is 6.94. The van der Waals surface area contributed by atoms with Crippen LogP contribution in [0.4, 0.5) is 20.2 Å². The molecule has 0 bridgehead atoms. The van der Waals surface area contributed by atoms with Crippen molar-refractivity contribution < 1.29 is 17.2 Å². The van der Waals surface area contributed by atoms with Gasteiger partial charge in [0, 0.05) is 5.69 Å². The number of hydrogen-bond donors (Lipinski definition) is 2. The van der Waals surface area contributed by atoms with Gasteiger partial charge in [-0.25, -0.2) is 8.42 Å². The number of benzene rings is 1. The first kappa shape index (κ1) is 10.7. The minimum atomic E-state index is -4.61. The maximum atomic E-state index is 11.9. The highest BCUT2D eigenvalue weighted by molar-refractivity contribution is 7.93. The molecule has 0 heterocycles. The number of sulfonamides is 1. The standard InChI is InChI=1S/C7H8F2N2O2S/c8-7(9)14(12,13)11-6-3-1-2-5(10)4-6/h1-4,7,11H,10H2. The second-order valence-corrected chi connectivity index (χ2v) is 4.18. The number of halogens is 2. The van der Waals surface area contributed by atoms with E-state index in [0.717, 1.165) is 0 Å². The molecule has 1 rings (SSSR count). The van der Waals surface area contributed by atoms with E-state index in [-0.39, 0.29) is 5.69 Å². The molecule has 0 aromatic heterocycles. The van der Waals surface area contributed by atoms with Gasteiger partial charge in [0.2, 0.25) is 0 Å². The summed E-state index contributed by atoms with van der Waals surface area (Å²) in [6.45, 7) is 0. The predicted molar refractivity (Wildman–Crippen MR) is 49.4 cm³/mol. The second-order valence-electron chi connectivity index (χ2n) is 2.53. The lowest BCUT2D eigenvalue weighted by molar-refractivity contribution is 0.236. The van der Waals surface area contributed by atoms with E-state index in [0.29, 0.717) is 5.69 Å². The molecule has 4 nitrogen and oxygen atoms in total. The van der Waals surface area contributed by atoms with Crippen LogP contribution in [0.1, 0.15) is 0 Å². The summed E-state index contributed by atoms with van der Waals surface area (Å²) in [7, 11) is -4.61. The summed E-state index contributed by atoms with van der Waals surface area (Å²) < 4.78 is 47.0. The second kappa shape index (κ2) is 3.79. The van der Waals surface area contributed by atoms with E-state index < -0.39 is 15.8 Å². The van der Waals surface area contributed by atoms with Crippen molar-refractivity contribution in [2.24, 2.45) is 0 Å². The van der Waals surface area contributed by atoms with E-state index in [2.05, 4.69) is 0 Å². The topological polar surface area (TPSA) is 72.2 Å². The average Bonchev–Trinajstić information content (AvgIpc) is 2.02. The quantitative estimate of drug-likeness (QED) is 0.755. The molecule has 0 radical (unpaired) electrons. The van der Waals surface area contributed by atoms with Crippen molar-refractivity contribution in [3.05, 3.63) is 24.3 Å². The molecule has 0 atom stereocenters. The summed E-state index contributed by atoms with van der Waals surface area (Å²) in [5.74, 6) is -3.45. The van der Waals surface area contributed by atoms with E-state index in [1.807, 2.05) is 0 Å². The molecular weight excluding hydrogens is 214 g/mol. The Bertz CT molecular complexity index is 419. The highest BCUT2D eigenvalue weighted by atomic mass is 32.2. The van der Waals surface area contributed by atoms with Crippen LogP contribution in [0.3, 0.4) is 0 Å². The molecule has 0 saturated heterocycles. The molecule has 0 unspecified atom stereocenters. The smallest absolute Gasteiger partial charge is 0.355 e. The van der Waals surface area contributed by atoms with E-state index in [4.69, 9.17) is 5.73 Å². The first-order chi connectivity index (χ1) is 6.42. The zero-order valence-corrected chi connectivity index (χ0v) is 7.76. The molecule has 0 fully saturated rings. The highest BCUT2D eigenvalue weighted by Crippen LogP contribution is 2.15. The largest absolute Gasteiger partial charge is 0.399 e. The van der Waals surface area contributed by atoms with Crippen molar-refractivity contribution in [3.8, 4) is 0 Å². The van der Waals surface area contributed by atoms with Gasteiger partial charge >= 0.3 is 5.76 Å². The minimum absolute atomic E-state index is 0.0188. The predicted octanol–water partition coefficient (Wildman–Crippen LogP) is 1.23. The van der Waals surface area contributed by atoms with Gasteiger partial charge in [-0.15, -0.1) is 0 Å².